The van der Waals surface area contributed by atoms with Crippen molar-refractivity contribution in [3.63, 3.8) is 0 Å². The fourth-order valence-corrected chi connectivity index (χ4v) is 1.95. The van der Waals surface area contributed by atoms with Gasteiger partial charge in [0.1, 0.15) is 11.6 Å². The summed E-state index contributed by atoms with van der Waals surface area (Å²) in [5.41, 5.74) is 0.811. The maximum Gasteiger partial charge on any atom is 0.331 e. The Kier molecular flexibility index (Phi) is 6.28. The van der Waals surface area contributed by atoms with Gasteiger partial charge in [-0.2, -0.15) is 0 Å². The number of nitrogens with one attached hydrogen (secondary N) is 1. The SMILES string of the molecule is COc1ccc(NC(=O)C(C)OC(=O)/C=C/c2ccccc2F)cc1. The van der Waals surface area contributed by atoms with Crippen molar-refractivity contribution in [3.05, 3.63) is 66.0 Å². The molecule has 0 radical (unpaired) electrons. The van der Waals surface area contributed by atoms with Gasteiger partial charge in [-0.15, -0.1) is 0 Å². The average molecular weight is 343 g/mol. The van der Waals surface area contributed by atoms with Gasteiger partial charge in [-0.25, -0.2) is 9.18 Å². The van der Waals surface area contributed by atoms with Gasteiger partial charge in [-0.3, -0.25) is 4.79 Å². The van der Waals surface area contributed by atoms with Crippen molar-refractivity contribution < 1.29 is 23.5 Å². The molecule has 1 amide bonds. The van der Waals surface area contributed by atoms with Crippen LogP contribution in [0.4, 0.5) is 10.1 Å². The summed E-state index contributed by atoms with van der Waals surface area (Å²) in [4.78, 5) is 23.8. The van der Waals surface area contributed by atoms with Crippen LogP contribution in [0.3, 0.4) is 0 Å². The van der Waals surface area contributed by atoms with Gasteiger partial charge in [0.15, 0.2) is 6.10 Å². The molecule has 0 saturated carbocycles. The Morgan fingerprint density at radius 3 is 2.44 bits per heavy atom. The molecule has 0 aliphatic carbocycles. The van der Waals surface area contributed by atoms with Crippen LogP contribution in [0, 0.1) is 5.82 Å². The van der Waals surface area contributed by atoms with E-state index in [1.807, 2.05) is 0 Å². The lowest BCUT2D eigenvalue weighted by molar-refractivity contribution is -0.148. The lowest BCUT2D eigenvalue weighted by atomic mass is 10.2. The largest absolute Gasteiger partial charge is 0.497 e. The molecule has 0 aliphatic rings. The van der Waals surface area contributed by atoms with Crippen LogP contribution in [0.2, 0.25) is 0 Å². The minimum absolute atomic E-state index is 0.259. The van der Waals surface area contributed by atoms with Crippen molar-refractivity contribution in [1.82, 2.24) is 0 Å². The number of hydrogen-bond donors (Lipinski definition) is 1. The first-order valence-electron chi connectivity index (χ1n) is 7.57. The van der Waals surface area contributed by atoms with E-state index in [2.05, 4.69) is 5.32 Å². The van der Waals surface area contributed by atoms with E-state index >= 15 is 0 Å². The fraction of sp³-hybridized carbons (Fsp3) is 0.158. The van der Waals surface area contributed by atoms with Gasteiger partial charge in [0, 0.05) is 17.3 Å². The molecule has 0 heterocycles. The number of halogens is 1. The van der Waals surface area contributed by atoms with E-state index in [1.54, 1.807) is 43.5 Å². The first-order chi connectivity index (χ1) is 12.0. The summed E-state index contributed by atoms with van der Waals surface area (Å²) in [6.45, 7) is 1.45. The molecule has 0 bridgehead atoms. The Labute approximate surface area is 145 Å². The molecule has 1 atom stereocenters. The summed E-state index contributed by atoms with van der Waals surface area (Å²) < 4.78 is 23.5. The molecule has 0 aromatic heterocycles. The van der Waals surface area contributed by atoms with Crippen molar-refractivity contribution in [3.8, 4) is 5.75 Å². The van der Waals surface area contributed by atoms with Crippen LogP contribution in [-0.4, -0.2) is 25.1 Å². The zero-order chi connectivity index (χ0) is 18.2. The molecule has 2 rings (SSSR count). The standard InChI is InChI=1S/C19H18FNO4/c1-13(19(23)21-15-8-10-16(24-2)11-9-15)25-18(22)12-7-14-5-3-4-6-17(14)20/h3-13H,1-2H3,(H,21,23)/b12-7+. The second-order valence-electron chi connectivity index (χ2n) is 5.15. The van der Waals surface area contributed by atoms with Crippen LogP contribution in [-0.2, 0) is 14.3 Å². The summed E-state index contributed by atoms with van der Waals surface area (Å²) in [5, 5.41) is 2.63. The molecular weight excluding hydrogens is 325 g/mol. The summed E-state index contributed by atoms with van der Waals surface area (Å²) in [6.07, 6.45) is 1.38. The summed E-state index contributed by atoms with van der Waals surface area (Å²) in [5.74, 6) is -0.994. The number of carbonyl (C=O) groups is 2. The fourth-order valence-electron chi connectivity index (χ4n) is 1.95. The van der Waals surface area contributed by atoms with E-state index in [1.165, 1.54) is 25.1 Å². The van der Waals surface area contributed by atoms with E-state index in [9.17, 15) is 14.0 Å². The Balaban J connectivity index is 1.89. The highest BCUT2D eigenvalue weighted by molar-refractivity contribution is 5.96. The Hall–Kier alpha value is -3.15. The van der Waals surface area contributed by atoms with E-state index in [0.29, 0.717) is 11.4 Å². The lowest BCUT2D eigenvalue weighted by Gasteiger charge is -2.12. The molecule has 6 heteroatoms. The predicted molar refractivity (Wildman–Crippen MR) is 92.6 cm³/mol. The number of ether oxygens (including phenoxy) is 2. The van der Waals surface area contributed by atoms with Crippen molar-refractivity contribution in [2.24, 2.45) is 0 Å². The quantitative estimate of drug-likeness (QED) is 0.645. The number of benzene rings is 2. The van der Waals surface area contributed by atoms with Crippen molar-refractivity contribution in [1.29, 1.82) is 0 Å². The van der Waals surface area contributed by atoms with E-state index in [4.69, 9.17) is 9.47 Å². The summed E-state index contributed by atoms with van der Waals surface area (Å²) >= 11 is 0. The smallest absolute Gasteiger partial charge is 0.331 e. The third-order valence-electron chi connectivity index (χ3n) is 3.32. The summed E-state index contributed by atoms with van der Waals surface area (Å²) in [7, 11) is 1.55. The topological polar surface area (TPSA) is 64.6 Å². The number of esters is 1. The minimum atomic E-state index is -1.00. The second kappa shape index (κ2) is 8.63. The van der Waals surface area contributed by atoms with E-state index in [-0.39, 0.29) is 5.56 Å². The monoisotopic (exact) mass is 343 g/mol. The zero-order valence-corrected chi connectivity index (χ0v) is 13.9. The average Bonchev–Trinajstić information content (AvgIpc) is 2.61. The zero-order valence-electron chi connectivity index (χ0n) is 13.9. The van der Waals surface area contributed by atoms with Gasteiger partial charge in [0.2, 0.25) is 0 Å². The van der Waals surface area contributed by atoms with Crippen molar-refractivity contribution in [2.75, 3.05) is 12.4 Å². The first-order valence-corrected chi connectivity index (χ1v) is 7.57. The lowest BCUT2D eigenvalue weighted by Crippen LogP contribution is -2.29. The number of methoxy groups -OCH3 is 1. The van der Waals surface area contributed by atoms with Crippen molar-refractivity contribution in [2.45, 2.75) is 13.0 Å². The van der Waals surface area contributed by atoms with Gasteiger partial charge >= 0.3 is 5.97 Å². The van der Waals surface area contributed by atoms with E-state index in [0.717, 1.165) is 6.08 Å². The van der Waals surface area contributed by atoms with Crippen LogP contribution in [0.15, 0.2) is 54.6 Å². The van der Waals surface area contributed by atoms with Crippen LogP contribution in [0.25, 0.3) is 6.08 Å². The Morgan fingerprint density at radius 2 is 1.80 bits per heavy atom. The number of hydrogen-bond acceptors (Lipinski definition) is 4. The van der Waals surface area contributed by atoms with Crippen LogP contribution in [0.5, 0.6) is 5.75 Å². The highest BCUT2D eigenvalue weighted by Crippen LogP contribution is 2.15. The molecule has 2 aromatic carbocycles. The Bertz CT molecular complexity index is 771. The molecule has 130 valence electrons. The third-order valence-corrected chi connectivity index (χ3v) is 3.32. The molecule has 5 nitrogen and oxygen atoms in total. The Morgan fingerprint density at radius 1 is 1.12 bits per heavy atom. The molecule has 25 heavy (non-hydrogen) atoms. The van der Waals surface area contributed by atoms with Crippen molar-refractivity contribution >= 4 is 23.6 Å². The number of amides is 1. The van der Waals surface area contributed by atoms with Gasteiger partial charge < -0.3 is 14.8 Å². The van der Waals surface area contributed by atoms with Gasteiger partial charge in [-0.1, -0.05) is 18.2 Å². The molecule has 2 aromatic rings. The molecule has 1 unspecified atom stereocenters. The third kappa shape index (κ3) is 5.46. The predicted octanol–water partition coefficient (Wildman–Crippen LogP) is 3.42. The molecule has 0 aliphatic heterocycles. The number of anilines is 1. The normalized spacial score (nSPS) is 11.8. The maximum atomic E-state index is 13.5. The minimum Gasteiger partial charge on any atom is -0.497 e. The molecule has 0 fully saturated rings. The molecular formula is C19H18FNO4. The van der Waals surface area contributed by atoms with Gasteiger partial charge in [0.05, 0.1) is 7.11 Å². The van der Waals surface area contributed by atoms with E-state index < -0.39 is 23.8 Å². The highest BCUT2D eigenvalue weighted by Gasteiger charge is 2.16. The highest BCUT2D eigenvalue weighted by atomic mass is 19.1. The van der Waals surface area contributed by atoms with Crippen LogP contribution >= 0.6 is 0 Å². The molecule has 1 N–H and O–H groups in total. The van der Waals surface area contributed by atoms with Gasteiger partial charge in [-0.05, 0) is 43.3 Å². The van der Waals surface area contributed by atoms with Crippen LogP contribution in [0.1, 0.15) is 12.5 Å². The maximum absolute atomic E-state index is 13.5. The van der Waals surface area contributed by atoms with Crippen LogP contribution < -0.4 is 10.1 Å². The number of rotatable bonds is 6. The first kappa shape index (κ1) is 18.2. The molecule has 0 spiro atoms. The number of carbonyl (C=O) groups excluding carboxylic acids is 2. The molecule has 0 saturated heterocycles. The summed E-state index contributed by atoms with van der Waals surface area (Å²) in [6, 6.07) is 12.8. The second-order valence-corrected chi connectivity index (χ2v) is 5.15. The van der Waals surface area contributed by atoms with Gasteiger partial charge in [0.25, 0.3) is 5.91 Å².